The van der Waals surface area contributed by atoms with Crippen molar-refractivity contribution in [3.63, 3.8) is 0 Å². The molecule has 0 aliphatic carbocycles. The minimum absolute atomic E-state index is 0.0774. The third-order valence-corrected chi connectivity index (χ3v) is 6.41. The van der Waals surface area contributed by atoms with Gasteiger partial charge in [0, 0.05) is 16.5 Å². The van der Waals surface area contributed by atoms with Crippen LogP contribution < -0.4 is 20.3 Å². The summed E-state index contributed by atoms with van der Waals surface area (Å²) in [5.74, 6) is 0.0581. The summed E-state index contributed by atoms with van der Waals surface area (Å²) >= 11 is 1.63. The molecule has 1 aromatic carbocycles. The zero-order valence-electron chi connectivity index (χ0n) is 18.2. The molecule has 2 aliphatic rings. The molecule has 7 nitrogen and oxygen atoms in total. The lowest BCUT2D eigenvalue weighted by Gasteiger charge is -2.34. The molecule has 0 radical (unpaired) electrons. The quantitative estimate of drug-likeness (QED) is 0.655. The summed E-state index contributed by atoms with van der Waals surface area (Å²) in [5.41, 5.74) is 4.10. The molecule has 3 heterocycles. The smallest absolute Gasteiger partial charge is 0.356 e. The Morgan fingerprint density at radius 2 is 2.13 bits per heavy atom. The summed E-state index contributed by atoms with van der Waals surface area (Å²) in [5, 5.41) is 8.39. The van der Waals surface area contributed by atoms with E-state index in [9.17, 15) is 9.59 Å². The van der Waals surface area contributed by atoms with E-state index in [0.29, 0.717) is 30.2 Å². The van der Waals surface area contributed by atoms with Crippen molar-refractivity contribution in [2.24, 2.45) is 5.92 Å². The fourth-order valence-corrected chi connectivity index (χ4v) is 4.71. The number of aryl methyl sites for hydroxylation is 1. The Morgan fingerprint density at radius 3 is 2.77 bits per heavy atom. The molecule has 4 rings (SSSR count). The summed E-state index contributed by atoms with van der Waals surface area (Å²) in [6, 6.07) is 7.98. The van der Waals surface area contributed by atoms with Crippen LogP contribution in [-0.4, -0.2) is 25.6 Å². The monoisotopic (exact) mass is 441 g/mol. The fraction of sp³-hybridized carbons (Fsp3) is 0.391. The molecule has 2 N–H and O–H groups in total. The maximum atomic E-state index is 12.7. The van der Waals surface area contributed by atoms with Gasteiger partial charge in [0.1, 0.15) is 17.6 Å². The number of esters is 1. The van der Waals surface area contributed by atoms with E-state index in [-0.39, 0.29) is 24.0 Å². The van der Waals surface area contributed by atoms with Crippen molar-refractivity contribution in [2.75, 3.05) is 23.9 Å². The largest absolute Gasteiger partial charge is 0.495 e. The second kappa shape index (κ2) is 8.63. The molecule has 0 fully saturated rings. The van der Waals surface area contributed by atoms with Crippen LogP contribution in [0.15, 0.2) is 41.0 Å². The third-order valence-electron chi connectivity index (χ3n) is 5.48. The first-order chi connectivity index (χ1) is 14.9. The highest BCUT2D eigenvalue weighted by Gasteiger charge is 2.40. The highest BCUT2D eigenvalue weighted by molar-refractivity contribution is 7.10. The molecule has 31 heavy (non-hydrogen) atoms. The topological polar surface area (TPSA) is 79.9 Å². The Morgan fingerprint density at radius 1 is 1.32 bits per heavy atom. The van der Waals surface area contributed by atoms with E-state index in [2.05, 4.69) is 15.5 Å². The van der Waals surface area contributed by atoms with Gasteiger partial charge in [-0.15, -0.1) is 11.3 Å². The van der Waals surface area contributed by atoms with Gasteiger partial charge in [0.25, 0.3) is 0 Å². The van der Waals surface area contributed by atoms with E-state index < -0.39 is 0 Å². The van der Waals surface area contributed by atoms with Crippen LogP contribution in [0.5, 0.6) is 5.75 Å². The molecule has 0 saturated carbocycles. The molecule has 164 valence electrons. The van der Waals surface area contributed by atoms with E-state index in [4.69, 9.17) is 9.47 Å². The van der Waals surface area contributed by atoms with Crippen LogP contribution in [0.4, 0.5) is 11.4 Å². The van der Waals surface area contributed by atoms with Crippen LogP contribution in [0.25, 0.3) is 0 Å². The Bertz CT molecular complexity index is 1030. The number of nitrogens with one attached hydrogen (secondary N) is 2. The van der Waals surface area contributed by atoms with Gasteiger partial charge in [-0.1, -0.05) is 19.9 Å². The molecule has 0 bridgehead atoms. The zero-order chi connectivity index (χ0) is 22.1. The summed E-state index contributed by atoms with van der Waals surface area (Å²) < 4.78 is 10.9. The Labute approximate surface area is 186 Å². The van der Waals surface area contributed by atoms with E-state index in [1.165, 1.54) is 0 Å². The number of benzene rings is 1. The number of rotatable bonds is 6. The average Bonchev–Trinajstić information content (AvgIpc) is 3.41. The first-order valence-electron chi connectivity index (χ1n) is 10.5. The van der Waals surface area contributed by atoms with Gasteiger partial charge in [-0.25, -0.2) is 4.79 Å². The van der Waals surface area contributed by atoms with Crippen LogP contribution in [-0.2, 0) is 20.7 Å². The third kappa shape index (κ3) is 3.87. The van der Waals surface area contributed by atoms with Crippen LogP contribution in [0.1, 0.15) is 43.8 Å². The Balaban J connectivity index is 1.82. The number of hydrogen-bond acceptors (Lipinski definition) is 7. The van der Waals surface area contributed by atoms with Gasteiger partial charge in [-0.3, -0.25) is 4.79 Å². The molecular formula is C23H27N3O4S. The highest BCUT2D eigenvalue weighted by atomic mass is 32.1. The summed E-state index contributed by atoms with van der Waals surface area (Å²) in [7, 11) is 1.60. The SMILES string of the molecule is CCOC(=O)C1=C2CCc3cc(OC)c(NC(=O)C(C)C)cc3N2C(c2cccs2)N1. The van der Waals surface area contributed by atoms with Gasteiger partial charge in [-0.2, -0.15) is 0 Å². The van der Waals surface area contributed by atoms with Crippen molar-refractivity contribution in [1.82, 2.24) is 5.32 Å². The van der Waals surface area contributed by atoms with E-state index in [1.807, 2.05) is 43.5 Å². The number of carbonyl (C=O) groups is 2. The van der Waals surface area contributed by atoms with Gasteiger partial charge in [0.2, 0.25) is 5.91 Å². The lowest BCUT2D eigenvalue weighted by molar-refractivity contribution is -0.139. The average molecular weight is 442 g/mol. The van der Waals surface area contributed by atoms with E-state index >= 15 is 0 Å². The number of carbonyl (C=O) groups excluding carboxylic acids is 2. The molecule has 1 unspecified atom stereocenters. The van der Waals surface area contributed by atoms with Gasteiger partial charge < -0.3 is 25.0 Å². The Hall–Kier alpha value is -3.00. The van der Waals surface area contributed by atoms with E-state index in [0.717, 1.165) is 28.2 Å². The van der Waals surface area contributed by atoms with Crippen molar-refractivity contribution >= 4 is 34.6 Å². The van der Waals surface area contributed by atoms with Crippen LogP contribution >= 0.6 is 11.3 Å². The molecule has 1 aromatic heterocycles. The molecule has 1 amide bonds. The molecule has 0 saturated heterocycles. The minimum atomic E-state index is -0.341. The summed E-state index contributed by atoms with van der Waals surface area (Å²) in [6.45, 7) is 5.83. The van der Waals surface area contributed by atoms with Crippen LogP contribution in [0.3, 0.4) is 0 Å². The first kappa shape index (κ1) is 21.2. The Kier molecular flexibility index (Phi) is 5.91. The minimum Gasteiger partial charge on any atom is -0.495 e. The number of amides is 1. The first-order valence-corrected chi connectivity index (χ1v) is 11.3. The molecule has 8 heteroatoms. The number of fused-ring (bicyclic) bond motifs is 3. The lowest BCUT2D eigenvalue weighted by atomic mass is 9.97. The number of nitrogens with zero attached hydrogens (tertiary/aromatic N) is 1. The van der Waals surface area contributed by atoms with Crippen LogP contribution in [0.2, 0.25) is 0 Å². The number of methoxy groups -OCH3 is 1. The van der Waals surface area contributed by atoms with Gasteiger partial charge in [0.05, 0.1) is 25.1 Å². The number of thiophene rings is 1. The standard InChI is InChI=1S/C23H27N3O4S/c1-5-30-23(28)20-16-9-8-14-11-18(29-4)15(24-22(27)13(2)3)12-17(14)26(16)21(25-20)19-7-6-10-31-19/h6-7,10-13,21,25H,5,8-9H2,1-4H3,(H,24,27). The van der Waals surface area contributed by atoms with Crippen molar-refractivity contribution in [1.29, 1.82) is 0 Å². The predicted octanol–water partition coefficient (Wildman–Crippen LogP) is 4.18. The maximum Gasteiger partial charge on any atom is 0.356 e. The zero-order valence-corrected chi connectivity index (χ0v) is 19.0. The molecule has 2 aromatic rings. The molecular weight excluding hydrogens is 414 g/mol. The second-order valence-corrected chi connectivity index (χ2v) is 8.78. The normalized spacial score (nSPS) is 17.2. The number of anilines is 2. The molecule has 1 atom stereocenters. The van der Waals surface area contributed by atoms with Crippen LogP contribution in [0, 0.1) is 5.92 Å². The number of allylic oxidation sites excluding steroid dienone is 1. The predicted molar refractivity (Wildman–Crippen MR) is 121 cm³/mol. The van der Waals surface area contributed by atoms with Gasteiger partial charge >= 0.3 is 5.97 Å². The van der Waals surface area contributed by atoms with Crippen molar-refractivity contribution in [3.8, 4) is 5.75 Å². The van der Waals surface area contributed by atoms with Crippen molar-refractivity contribution < 1.29 is 19.1 Å². The highest BCUT2D eigenvalue weighted by Crippen LogP contribution is 2.47. The van der Waals surface area contributed by atoms with Gasteiger partial charge in [0.15, 0.2) is 0 Å². The van der Waals surface area contributed by atoms with Crippen molar-refractivity contribution in [2.45, 2.75) is 39.8 Å². The summed E-state index contributed by atoms with van der Waals surface area (Å²) in [6.07, 6.45) is 1.25. The maximum absolute atomic E-state index is 12.7. The molecule has 0 spiro atoms. The van der Waals surface area contributed by atoms with Crippen molar-refractivity contribution in [3.05, 3.63) is 51.5 Å². The number of ether oxygens (including phenoxy) is 2. The second-order valence-electron chi connectivity index (χ2n) is 7.80. The molecule has 2 aliphatic heterocycles. The van der Waals surface area contributed by atoms with E-state index in [1.54, 1.807) is 25.4 Å². The summed E-state index contributed by atoms with van der Waals surface area (Å²) in [4.78, 5) is 28.3. The fourth-order valence-electron chi connectivity index (χ4n) is 3.95. The lowest BCUT2D eigenvalue weighted by Crippen LogP contribution is -2.32. The number of hydrogen-bond donors (Lipinski definition) is 2. The van der Waals surface area contributed by atoms with Gasteiger partial charge in [-0.05, 0) is 48.9 Å².